The third kappa shape index (κ3) is 2.82. The van der Waals surface area contributed by atoms with Gasteiger partial charge in [0.25, 0.3) is 0 Å². The Labute approximate surface area is 109 Å². The molecule has 0 spiro atoms. The van der Waals surface area contributed by atoms with Crippen molar-refractivity contribution in [3.63, 3.8) is 0 Å². The summed E-state index contributed by atoms with van der Waals surface area (Å²) in [7, 11) is 1.30. The second-order valence-electron chi connectivity index (χ2n) is 3.80. The van der Waals surface area contributed by atoms with E-state index in [1.54, 1.807) is 13.0 Å². The molecule has 0 unspecified atom stereocenters. The zero-order valence-corrected chi connectivity index (χ0v) is 10.5. The fourth-order valence-electron chi connectivity index (χ4n) is 1.54. The van der Waals surface area contributed by atoms with Crippen molar-refractivity contribution in [2.24, 2.45) is 0 Å². The van der Waals surface area contributed by atoms with Crippen LogP contribution < -0.4 is 4.74 Å². The van der Waals surface area contributed by atoms with Crippen molar-refractivity contribution < 1.29 is 23.5 Å². The van der Waals surface area contributed by atoms with Crippen molar-refractivity contribution in [2.75, 3.05) is 7.11 Å². The first-order chi connectivity index (χ1) is 9.11. The van der Waals surface area contributed by atoms with Gasteiger partial charge in [-0.3, -0.25) is 0 Å². The topological polar surface area (TPSA) is 65.7 Å². The number of hydrogen-bond acceptors (Lipinski definition) is 5. The van der Waals surface area contributed by atoms with Crippen LogP contribution >= 0.6 is 0 Å². The number of esters is 2. The van der Waals surface area contributed by atoms with Gasteiger partial charge in [0.15, 0.2) is 0 Å². The van der Waals surface area contributed by atoms with Crippen LogP contribution in [0.15, 0.2) is 41.0 Å². The van der Waals surface area contributed by atoms with E-state index in [0.717, 1.165) is 0 Å². The molecular formula is C14H12O5. The molecule has 1 heterocycles. The van der Waals surface area contributed by atoms with Gasteiger partial charge in [-0.05, 0) is 37.3 Å². The molecule has 98 valence electrons. The van der Waals surface area contributed by atoms with Gasteiger partial charge in [-0.2, -0.15) is 0 Å². The zero-order valence-electron chi connectivity index (χ0n) is 10.5. The second kappa shape index (κ2) is 5.39. The lowest BCUT2D eigenvalue weighted by molar-refractivity contribution is 0.0600. The first-order valence-corrected chi connectivity index (χ1v) is 5.56. The molecule has 19 heavy (non-hydrogen) atoms. The van der Waals surface area contributed by atoms with Crippen LogP contribution in [0, 0.1) is 6.92 Å². The van der Waals surface area contributed by atoms with Crippen molar-refractivity contribution in [1.82, 2.24) is 0 Å². The molecule has 5 nitrogen and oxygen atoms in total. The standard InChI is InChI=1S/C14H12O5/c1-9-12(7-8-18-9)14(16)19-11-5-3-10(4-6-11)13(15)17-2/h3-8H,1-2H3. The minimum Gasteiger partial charge on any atom is -0.469 e. The molecule has 0 saturated heterocycles. The summed E-state index contributed by atoms with van der Waals surface area (Å²) in [6, 6.07) is 7.65. The quantitative estimate of drug-likeness (QED) is 0.626. The molecular weight excluding hydrogens is 248 g/mol. The normalized spacial score (nSPS) is 10.0. The molecule has 0 aliphatic carbocycles. The molecule has 0 atom stereocenters. The number of carbonyl (C=O) groups is 2. The lowest BCUT2D eigenvalue weighted by Gasteiger charge is -2.04. The van der Waals surface area contributed by atoms with E-state index >= 15 is 0 Å². The predicted molar refractivity (Wildman–Crippen MR) is 66.2 cm³/mol. The van der Waals surface area contributed by atoms with Crippen LogP contribution in [0.1, 0.15) is 26.5 Å². The van der Waals surface area contributed by atoms with Crippen LogP contribution in [0.4, 0.5) is 0 Å². The first-order valence-electron chi connectivity index (χ1n) is 5.56. The maximum atomic E-state index is 11.8. The SMILES string of the molecule is COC(=O)c1ccc(OC(=O)c2ccoc2C)cc1. The van der Waals surface area contributed by atoms with Crippen molar-refractivity contribution in [2.45, 2.75) is 6.92 Å². The van der Waals surface area contributed by atoms with Gasteiger partial charge >= 0.3 is 11.9 Å². The summed E-state index contributed by atoms with van der Waals surface area (Å²) in [5.41, 5.74) is 0.763. The fourth-order valence-corrected chi connectivity index (χ4v) is 1.54. The highest BCUT2D eigenvalue weighted by Gasteiger charge is 2.14. The summed E-state index contributed by atoms with van der Waals surface area (Å²) in [5.74, 6) is -0.102. The zero-order chi connectivity index (χ0) is 13.8. The van der Waals surface area contributed by atoms with E-state index in [0.29, 0.717) is 22.6 Å². The molecule has 1 aromatic carbocycles. The third-order valence-electron chi connectivity index (χ3n) is 2.56. The van der Waals surface area contributed by atoms with Gasteiger partial charge in [-0.25, -0.2) is 9.59 Å². The van der Waals surface area contributed by atoms with E-state index in [9.17, 15) is 9.59 Å². The average molecular weight is 260 g/mol. The first kappa shape index (κ1) is 12.9. The number of ether oxygens (including phenoxy) is 2. The van der Waals surface area contributed by atoms with Gasteiger partial charge in [0.05, 0.1) is 18.9 Å². The number of aryl methyl sites for hydroxylation is 1. The van der Waals surface area contributed by atoms with Crippen LogP contribution in [-0.2, 0) is 4.74 Å². The number of benzene rings is 1. The molecule has 0 radical (unpaired) electrons. The Morgan fingerprint density at radius 3 is 2.26 bits per heavy atom. The number of carbonyl (C=O) groups excluding carboxylic acids is 2. The number of furan rings is 1. The summed E-state index contributed by atoms with van der Waals surface area (Å²) in [6.07, 6.45) is 1.42. The molecule has 2 rings (SSSR count). The highest BCUT2D eigenvalue weighted by Crippen LogP contribution is 2.16. The van der Waals surface area contributed by atoms with Crippen molar-refractivity contribution in [3.8, 4) is 5.75 Å². The highest BCUT2D eigenvalue weighted by atomic mass is 16.5. The van der Waals surface area contributed by atoms with E-state index < -0.39 is 11.9 Å². The largest absolute Gasteiger partial charge is 0.469 e. The van der Waals surface area contributed by atoms with E-state index in [1.165, 1.54) is 37.6 Å². The fraction of sp³-hybridized carbons (Fsp3) is 0.143. The minimum absolute atomic E-state index is 0.346. The smallest absolute Gasteiger partial charge is 0.347 e. The van der Waals surface area contributed by atoms with Gasteiger partial charge in [-0.15, -0.1) is 0 Å². The third-order valence-corrected chi connectivity index (χ3v) is 2.56. The molecule has 0 amide bonds. The molecule has 0 aliphatic heterocycles. The Morgan fingerprint density at radius 1 is 1.05 bits per heavy atom. The Balaban J connectivity index is 2.10. The van der Waals surface area contributed by atoms with Gasteiger partial charge in [0.1, 0.15) is 17.1 Å². The molecule has 2 aromatic rings. The minimum atomic E-state index is -0.503. The lowest BCUT2D eigenvalue weighted by atomic mass is 10.2. The van der Waals surface area contributed by atoms with E-state index in [4.69, 9.17) is 9.15 Å². The van der Waals surface area contributed by atoms with Gasteiger partial charge in [0.2, 0.25) is 0 Å². The predicted octanol–water partition coefficient (Wildman–Crippen LogP) is 2.59. The van der Waals surface area contributed by atoms with Crippen LogP contribution in [0.25, 0.3) is 0 Å². The molecule has 0 N–H and O–H groups in total. The Morgan fingerprint density at radius 2 is 1.74 bits per heavy atom. The van der Waals surface area contributed by atoms with E-state index in [1.807, 2.05) is 0 Å². The Hall–Kier alpha value is -2.56. The summed E-state index contributed by atoms with van der Waals surface area (Å²) >= 11 is 0. The van der Waals surface area contributed by atoms with Crippen LogP contribution in [-0.4, -0.2) is 19.0 Å². The maximum absolute atomic E-state index is 11.8. The molecule has 0 bridgehead atoms. The molecule has 1 aromatic heterocycles. The second-order valence-corrected chi connectivity index (χ2v) is 3.80. The Kier molecular flexibility index (Phi) is 3.66. The molecule has 5 heteroatoms. The highest BCUT2D eigenvalue weighted by molar-refractivity contribution is 5.92. The molecule has 0 saturated carbocycles. The lowest BCUT2D eigenvalue weighted by Crippen LogP contribution is -2.09. The molecule has 0 aliphatic rings. The van der Waals surface area contributed by atoms with Crippen LogP contribution in [0.3, 0.4) is 0 Å². The number of methoxy groups -OCH3 is 1. The van der Waals surface area contributed by atoms with Gasteiger partial charge in [0, 0.05) is 0 Å². The Bertz CT molecular complexity index is 595. The monoisotopic (exact) mass is 260 g/mol. The van der Waals surface area contributed by atoms with E-state index in [2.05, 4.69) is 4.74 Å². The van der Waals surface area contributed by atoms with Gasteiger partial charge < -0.3 is 13.9 Å². The van der Waals surface area contributed by atoms with Crippen LogP contribution in [0.5, 0.6) is 5.75 Å². The summed E-state index contributed by atoms with van der Waals surface area (Å²) < 4.78 is 14.8. The maximum Gasteiger partial charge on any atom is 0.347 e. The van der Waals surface area contributed by atoms with Crippen LogP contribution in [0.2, 0.25) is 0 Å². The van der Waals surface area contributed by atoms with Gasteiger partial charge in [-0.1, -0.05) is 0 Å². The molecule has 0 fully saturated rings. The number of hydrogen-bond donors (Lipinski definition) is 0. The summed E-state index contributed by atoms with van der Waals surface area (Å²) in [6.45, 7) is 1.68. The summed E-state index contributed by atoms with van der Waals surface area (Å²) in [4.78, 5) is 23.0. The van der Waals surface area contributed by atoms with Crippen molar-refractivity contribution >= 4 is 11.9 Å². The van der Waals surface area contributed by atoms with E-state index in [-0.39, 0.29) is 0 Å². The summed E-state index contributed by atoms with van der Waals surface area (Å²) in [5, 5.41) is 0. The average Bonchev–Trinajstić information content (AvgIpc) is 2.85. The van der Waals surface area contributed by atoms with Crippen molar-refractivity contribution in [3.05, 3.63) is 53.5 Å². The van der Waals surface area contributed by atoms with Crippen molar-refractivity contribution in [1.29, 1.82) is 0 Å². The number of rotatable bonds is 3.